The van der Waals surface area contributed by atoms with Crippen LogP contribution in [-0.4, -0.2) is 25.0 Å². The Morgan fingerprint density at radius 2 is 1.65 bits per heavy atom. The maximum Gasteiger partial charge on any atom is 0.341 e. The van der Waals surface area contributed by atoms with Gasteiger partial charge < -0.3 is 25.3 Å². The van der Waals surface area contributed by atoms with Crippen LogP contribution in [0, 0.1) is 0 Å². The maximum atomic E-state index is 11.0. The summed E-state index contributed by atoms with van der Waals surface area (Å²) >= 11 is 0. The molecule has 0 saturated heterocycles. The predicted octanol–water partition coefficient (Wildman–Crippen LogP) is 0.493. The average Bonchev–Trinajstić information content (AvgIpc) is 2.10. The largest absolute Gasteiger partial charge is 0.399 e. The molecule has 0 saturated carbocycles. The van der Waals surface area contributed by atoms with Crippen LogP contribution in [0.2, 0.25) is 0 Å². The Balaban J connectivity index is 3.04. The normalized spacial score (nSPS) is 13.0. The molecule has 9 heteroatoms. The molecule has 1 aromatic rings. The zero-order valence-corrected chi connectivity index (χ0v) is 10.5. The summed E-state index contributed by atoms with van der Waals surface area (Å²) in [6, 6.07) is 6.02. The lowest BCUT2D eigenvalue weighted by atomic mass is 10.1. The van der Waals surface area contributed by atoms with E-state index >= 15 is 0 Å². The van der Waals surface area contributed by atoms with Gasteiger partial charge in [-0.05, 0) is 24.1 Å². The van der Waals surface area contributed by atoms with E-state index in [0.717, 1.165) is 0 Å². The van der Waals surface area contributed by atoms with E-state index in [4.69, 9.17) is 25.3 Å². The monoisotopic (exact) mass is 281 g/mol. The lowest BCUT2D eigenvalue weighted by Crippen LogP contribution is -2.12. The van der Waals surface area contributed by atoms with Crippen LogP contribution in [-0.2, 0) is 15.6 Å². The molecular formula is C8H13NO6P2. The first-order valence-electron chi connectivity index (χ1n) is 4.55. The summed E-state index contributed by atoms with van der Waals surface area (Å²) in [5.74, 6) is 0. The molecule has 0 amide bonds. The van der Waals surface area contributed by atoms with E-state index in [0.29, 0.717) is 11.3 Å². The second-order valence-corrected chi connectivity index (χ2v) is 7.62. The molecule has 0 heterocycles. The third-order valence-corrected chi connectivity index (χ3v) is 5.87. The van der Waals surface area contributed by atoms with E-state index in [1.54, 1.807) is 12.1 Å². The van der Waals surface area contributed by atoms with Gasteiger partial charge in [-0.2, -0.15) is 0 Å². The topological polar surface area (TPSA) is 141 Å². The molecule has 1 rings (SSSR count). The van der Waals surface area contributed by atoms with Crippen molar-refractivity contribution in [3.63, 3.8) is 0 Å². The summed E-state index contributed by atoms with van der Waals surface area (Å²) in [5.41, 5.74) is 6.19. The Morgan fingerprint density at radius 3 is 2.06 bits per heavy atom. The van der Waals surface area contributed by atoms with Gasteiger partial charge in [0.2, 0.25) is 0 Å². The first kappa shape index (κ1) is 14.4. The van der Waals surface area contributed by atoms with Crippen LogP contribution in [0.15, 0.2) is 24.3 Å². The van der Waals surface area contributed by atoms with Gasteiger partial charge in [-0.15, -0.1) is 0 Å². The van der Waals surface area contributed by atoms with Crippen molar-refractivity contribution in [2.24, 2.45) is 0 Å². The number of nitrogens with two attached hydrogens (primary N) is 1. The molecule has 17 heavy (non-hydrogen) atoms. The minimum absolute atomic E-state index is 0.359. The number of benzene rings is 1. The van der Waals surface area contributed by atoms with E-state index < -0.39 is 27.0 Å². The molecule has 96 valence electrons. The minimum atomic E-state index is -4.88. The van der Waals surface area contributed by atoms with Gasteiger partial charge in [0.05, 0.1) is 0 Å². The maximum absolute atomic E-state index is 11.0. The molecule has 0 radical (unpaired) electrons. The average molecular weight is 281 g/mol. The molecule has 6 N–H and O–H groups in total. The molecule has 0 aliphatic carbocycles. The van der Waals surface area contributed by atoms with E-state index in [1.807, 2.05) is 0 Å². The van der Waals surface area contributed by atoms with E-state index in [9.17, 15) is 9.13 Å². The van der Waals surface area contributed by atoms with Crippen molar-refractivity contribution in [2.45, 2.75) is 11.8 Å². The van der Waals surface area contributed by atoms with Gasteiger partial charge in [-0.25, -0.2) is 0 Å². The van der Waals surface area contributed by atoms with Gasteiger partial charge in [0, 0.05) is 5.69 Å². The Morgan fingerprint density at radius 1 is 1.12 bits per heavy atom. The van der Waals surface area contributed by atoms with Gasteiger partial charge in [0.15, 0.2) is 5.40 Å². The molecule has 0 unspecified atom stereocenters. The fraction of sp³-hybridized carbons (Fsp3) is 0.250. The van der Waals surface area contributed by atoms with Crippen LogP contribution >= 0.6 is 15.2 Å². The van der Waals surface area contributed by atoms with Crippen LogP contribution < -0.4 is 5.73 Å². The SMILES string of the molecule is Nc1cccc(CC(P(=O)(O)O)P(=O)(O)O)c1. The highest BCUT2D eigenvalue weighted by Gasteiger charge is 2.43. The molecular weight excluding hydrogens is 268 g/mol. The van der Waals surface area contributed by atoms with Crippen molar-refractivity contribution >= 4 is 20.9 Å². The Kier molecular flexibility index (Phi) is 4.15. The second kappa shape index (κ2) is 4.90. The molecule has 7 nitrogen and oxygen atoms in total. The third-order valence-electron chi connectivity index (χ3n) is 2.15. The number of nitrogen functional groups attached to an aromatic ring is 1. The Hall–Kier alpha value is -0.680. The fourth-order valence-electron chi connectivity index (χ4n) is 1.36. The molecule has 0 bridgehead atoms. The first-order valence-corrected chi connectivity index (χ1v) is 7.92. The number of hydrogen-bond acceptors (Lipinski definition) is 3. The summed E-state index contributed by atoms with van der Waals surface area (Å²) in [7, 11) is -9.76. The smallest absolute Gasteiger partial charge is 0.341 e. The van der Waals surface area contributed by atoms with Crippen molar-refractivity contribution < 1.29 is 28.7 Å². The summed E-state index contributed by atoms with van der Waals surface area (Å²) in [4.78, 5) is 35.7. The standard InChI is InChI=1S/C8H13NO6P2/c9-7-3-1-2-6(4-7)5-8(16(10,11)12)17(13,14)15/h1-4,8H,5,9H2,(H2,10,11,12)(H2,13,14,15). The molecule has 0 aliphatic heterocycles. The highest BCUT2D eigenvalue weighted by atomic mass is 31.2. The lowest BCUT2D eigenvalue weighted by Gasteiger charge is -2.19. The first-order chi connectivity index (χ1) is 7.60. The van der Waals surface area contributed by atoms with Crippen LogP contribution in [0.5, 0.6) is 0 Å². The van der Waals surface area contributed by atoms with Crippen molar-refractivity contribution in [1.29, 1.82) is 0 Å². The summed E-state index contributed by atoms with van der Waals surface area (Å²) < 4.78 is 22.1. The van der Waals surface area contributed by atoms with Crippen LogP contribution in [0.3, 0.4) is 0 Å². The van der Waals surface area contributed by atoms with Crippen molar-refractivity contribution in [2.75, 3.05) is 5.73 Å². The molecule has 0 spiro atoms. The van der Waals surface area contributed by atoms with E-state index in [2.05, 4.69) is 0 Å². The minimum Gasteiger partial charge on any atom is -0.399 e. The van der Waals surface area contributed by atoms with Gasteiger partial charge in [0.25, 0.3) is 0 Å². The van der Waals surface area contributed by atoms with Gasteiger partial charge >= 0.3 is 15.2 Å². The summed E-state index contributed by atoms with van der Waals surface area (Å²) in [6.07, 6.45) is -0.431. The Bertz CT molecular complexity index is 471. The zero-order valence-electron chi connectivity index (χ0n) is 8.67. The summed E-state index contributed by atoms with van der Waals surface area (Å²) in [5, 5.41) is -2.03. The number of rotatable bonds is 4. The summed E-state index contributed by atoms with van der Waals surface area (Å²) in [6.45, 7) is 0. The predicted molar refractivity (Wildman–Crippen MR) is 62.4 cm³/mol. The van der Waals surface area contributed by atoms with E-state index in [-0.39, 0.29) is 0 Å². The van der Waals surface area contributed by atoms with Crippen LogP contribution in [0.4, 0.5) is 5.69 Å². The number of hydrogen-bond donors (Lipinski definition) is 5. The van der Waals surface area contributed by atoms with E-state index in [1.165, 1.54) is 12.1 Å². The number of anilines is 1. The zero-order chi connectivity index (χ0) is 13.3. The second-order valence-electron chi connectivity index (χ2n) is 3.61. The van der Waals surface area contributed by atoms with Crippen LogP contribution in [0.25, 0.3) is 0 Å². The molecule has 0 atom stereocenters. The molecule has 0 aliphatic rings. The van der Waals surface area contributed by atoms with Gasteiger partial charge in [-0.1, -0.05) is 12.1 Å². The molecule has 0 aromatic heterocycles. The van der Waals surface area contributed by atoms with Crippen molar-refractivity contribution in [3.8, 4) is 0 Å². The van der Waals surface area contributed by atoms with Gasteiger partial charge in [0.1, 0.15) is 0 Å². The third kappa shape index (κ3) is 4.24. The van der Waals surface area contributed by atoms with Crippen LogP contribution in [0.1, 0.15) is 5.56 Å². The fourth-order valence-corrected chi connectivity index (χ4v) is 3.83. The van der Waals surface area contributed by atoms with Crippen molar-refractivity contribution in [3.05, 3.63) is 29.8 Å². The quantitative estimate of drug-likeness (QED) is 0.399. The molecule has 1 aromatic carbocycles. The van der Waals surface area contributed by atoms with Crippen molar-refractivity contribution in [1.82, 2.24) is 0 Å². The Labute approximate surface area is 97.6 Å². The highest BCUT2D eigenvalue weighted by Crippen LogP contribution is 2.60. The highest BCUT2D eigenvalue weighted by molar-refractivity contribution is 7.70. The van der Waals surface area contributed by atoms with Gasteiger partial charge in [-0.3, -0.25) is 9.13 Å². The molecule has 0 fully saturated rings. The lowest BCUT2D eigenvalue weighted by molar-refractivity contribution is 0.338.